The third-order valence-electron chi connectivity index (χ3n) is 4.30. The van der Waals surface area contributed by atoms with Gasteiger partial charge in [-0.3, -0.25) is 0 Å². The SMILES string of the molecule is CNC(c1ccc(C)cc1Br)C1CC1c1ccccc1. The predicted octanol–water partition coefficient (Wildman–Crippen LogP) is 4.82. The number of rotatable bonds is 4. The molecule has 0 spiro atoms. The lowest BCUT2D eigenvalue weighted by Gasteiger charge is -2.19. The van der Waals surface area contributed by atoms with Crippen LogP contribution in [-0.2, 0) is 0 Å². The maximum atomic E-state index is 3.72. The van der Waals surface area contributed by atoms with E-state index in [9.17, 15) is 0 Å². The molecule has 0 heterocycles. The molecule has 2 aromatic rings. The van der Waals surface area contributed by atoms with E-state index in [1.807, 2.05) is 0 Å². The third-order valence-corrected chi connectivity index (χ3v) is 4.98. The van der Waals surface area contributed by atoms with E-state index < -0.39 is 0 Å². The molecule has 0 bridgehead atoms. The molecule has 2 heteroatoms. The van der Waals surface area contributed by atoms with Crippen molar-refractivity contribution in [1.29, 1.82) is 0 Å². The van der Waals surface area contributed by atoms with Gasteiger partial charge < -0.3 is 5.32 Å². The van der Waals surface area contributed by atoms with Gasteiger partial charge in [-0.25, -0.2) is 0 Å². The lowest BCUT2D eigenvalue weighted by molar-refractivity contribution is 0.516. The molecule has 0 aliphatic heterocycles. The molecule has 0 radical (unpaired) electrons. The van der Waals surface area contributed by atoms with E-state index in [1.165, 1.54) is 27.6 Å². The number of hydrogen-bond acceptors (Lipinski definition) is 1. The van der Waals surface area contributed by atoms with E-state index in [-0.39, 0.29) is 0 Å². The summed E-state index contributed by atoms with van der Waals surface area (Å²) in [6.07, 6.45) is 1.27. The first-order valence-electron chi connectivity index (χ1n) is 7.19. The van der Waals surface area contributed by atoms with Gasteiger partial charge in [0.25, 0.3) is 0 Å². The Morgan fingerprint density at radius 1 is 1.15 bits per heavy atom. The minimum atomic E-state index is 0.426. The smallest absolute Gasteiger partial charge is 0.0363 e. The largest absolute Gasteiger partial charge is 0.313 e. The van der Waals surface area contributed by atoms with Crippen LogP contribution in [0, 0.1) is 12.8 Å². The minimum Gasteiger partial charge on any atom is -0.313 e. The normalized spacial score (nSPS) is 22.6. The topological polar surface area (TPSA) is 12.0 Å². The van der Waals surface area contributed by atoms with Crippen LogP contribution in [0.15, 0.2) is 53.0 Å². The van der Waals surface area contributed by atoms with Crippen molar-refractivity contribution in [3.05, 3.63) is 69.7 Å². The Morgan fingerprint density at radius 2 is 1.90 bits per heavy atom. The van der Waals surface area contributed by atoms with Crippen molar-refractivity contribution in [1.82, 2.24) is 5.32 Å². The summed E-state index contributed by atoms with van der Waals surface area (Å²) in [4.78, 5) is 0. The van der Waals surface area contributed by atoms with Crippen molar-refractivity contribution in [2.75, 3.05) is 7.05 Å². The zero-order valence-corrected chi connectivity index (χ0v) is 13.5. The number of benzene rings is 2. The highest BCUT2D eigenvalue weighted by atomic mass is 79.9. The molecule has 1 fully saturated rings. The molecule has 3 atom stereocenters. The maximum absolute atomic E-state index is 3.72. The standard InChI is InChI=1S/C18H20BrN/c1-12-8-9-14(17(19)10-12)18(20-2)16-11-15(16)13-6-4-3-5-7-13/h3-10,15-16,18,20H,11H2,1-2H3. The summed E-state index contributed by atoms with van der Waals surface area (Å²) in [5, 5.41) is 3.51. The Morgan fingerprint density at radius 3 is 2.55 bits per heavy atom. The molecule has 1 saturated carbocycles. The molecule has 3 rings (SSSR count). The Kier molecular flexibility index (Phi) is 3.95. The number of hydrogen-bond donors (Lipinski definition) is 1. The van der Waals surface area contributed by atoms with Crippen molar-refractivity contribution in [3.8, 4) is 0 Å². The van der Waals surface area contributed by atoms with Gasteiger partial charge in [-0.2, -0.15) is 0 Å². The van der Waals surface area contributed by atoms with Gasteiger partial charge in [-0.1, -0.05) is 58.4 Å². The first-order valence-corrected chi connectivity index (χ1v) is 7.98. The Balaban J connectivity index is 1.82. The number of nitrogens with one attached hydrogen (secondary N) is 1. The van der Waals surface area contributed by atoms with Crippen molar-refractivity contribution < 1.29 is 0 Å². The molecular weight excluding hydrogens is 310 g/mol. The van der Waals surface area contributed by atoms with Crippen LogP contribution >= 0.6 is 15.9 Å². The fourth-order valence-corrected chi connectivity index (χ4v) is 3.89. The number of halogens is 1. The molecule has 1 N–H and O–H groups in total. The first kappa shape index (κ1) is 13.8. The molecule has 0 amide bonds. The van der Waals surface area contributed by atoms with E-state index in [1.54, 1.807) is 0 Å². The van der Waals surface area contributed by atoms with Gasteiger partial charge in [0.15, 0.2) is 0 Å². The summed E-state index contributed by atoms with van der Waals surface area (Å²) in [5.41, 5.74) is 4.15. The van der Waals surface area contributed by atoms with E-state index in [0.717, 1.165) is 0 Å². The molecular formula is C18H20BrN. The molecule has 1 aliphatic rings. The van der Waals surface area contributed by atoms with Crippen LogP contribution in [0.3, 0.4) is 0 Å². The van der Waals surface area contributed by atoms with Crippen LogP contribution in [0.25, 0.3) is 0 Å². The summed E-state index contributed by atoms with van der Waals surface area (Å²) >= 11 is 3.72. The minimum absolute atomic E-state index is 0.426. The average Bonchev–Trinajstić information content (AvgIpc) is 3.23. The average molecular weight is 330 g/mol. The van der Waals surface area contributed by atoms with Gasteiger partial charge in [-0.15, -0.1) is 0 Å². The third kappa shape index (κ3) is 2.68. The highest BCUT2D eigenvalue weighted by molar-refractivity contribution is 9.10. The Bertz CT molecular complexity index is 594. The summed E-state index contributed by atoms with van der Waals surface area (Å²) < 4.78 is 1.22. The van der Waals surface area contributed by atoms with Gasteiger partial charge in [0.05, 0.1) is 0 Å². The van der Waals surface area contributed by atoms with Crippen LogP contribution in [0.2, 0.25) is 0 Å². The lowest BCUT2D eigenvalue weighted by Crippen LogP contribution is -2.19. The zero-order valence-electron chi connectivity index (χ0n) is 11.9. The molecule has 1 aliphatic carbocycles. The van der Waals surface area contributed by atoms with Crippen LogP contribution in [0.5, 0.6) is 0 Å². The quantitative estimate of drug-likeness (QED) is 0.847. The van der Waals surface area contributed by atoms with Gasteiger partial charge in [0, 0.05) is 10.5 Å². The molecule has 0 aromatic heterocycles. The molecule has 1 nitrogen and oxygen atoms in total. The van der Waals surface area contributed by atoms with Crippen LogP contribution in [-0.4, -0.2) is 7.05 Å². The zero-order chi connectivity index (χ0) is 14.1. The maximum Gasteiger partial charge on any atom is 0.0363 e. The Hall–Kier alpha value is -1.12. The highest BCUT2D eigenvalue weighted by Gasteiger charge is 2.44. The van der Waals surface area contributed by atoms with Crippen molar-refractivity contribution in [2.24, 2.45) is 5.92 Å². The predicted molar refractivity (Wildman–Crippen MR) is 88.0 cm³/mol. The van der Waals surface area contributed by atoms with E-state index in [4.69, 9.17) is 0 Å². The van der Waals surface area contributed by atoms with Gasteiger partial charge >= 0.3 is 0 Å². The van der Waals surface area contributed by atoms with Crippen LogP contribution in [0.1, 0.15) is 35.1 Å². The summed E-state index contributed by atoms with van der Waals surface area (Å²) in [7, 11) is 2.07. The molecule has 20 heavy (non-hydrogen) atoms. The van der Waals surface area contributed by atoms with Gasteiger partial charge in [0.2, 0.25) is 0 Å². The first-order chi connectivity index (χ1) is 9.70. The van der Waals surface area contributed by atoms with E-state index in [0.29, 0.717) is 17.9 Å². The molecule has 104 valence electrons. The van der Waals surface area contributed by atoms with Crippen molar-refractivity contribution >= 4 is 15.9 Å². The fraction of sp³-hybridized carbons (Fsp3) is 0.333. The number of aryl methyl sites for hydroxylation is 1. The fourth-order valence-electron chi connectivity index (χ4n) is 3.15. The van der Waals surface area contributed by atoms with Gasteiger partial charge in [0.1, 0.15) is 0 Å². The summed E-state index contributed by atoms with van der Waals surface area (Å²) in [6.45, 7) is 2.13. The Labute approximate surface area is 129 Å². The van der Waals surface area contributed by atoms with Crippen LogP contribution < -0.4 is 5.32 Å². The van der Waals surface area contributed by atoms with Crippen molar-refractivity contribution in [3.63, 3.8) is 0 Å². The van der Waals surface area contributed by atoms with E-state index in [2.05, 4.69) is 83.7 Å². The summed E-state index contributed by atoms with van der Waals surface area (Å²) in [6, 6.07) is 18.0. The monoisotopic (exact) mass is 329 g/mol. The second-order valence-electron chi connectivity index (χ2n) is 5.71. The lowest BCUT2D eigenvalue weighted by atomic mass is 9.98. The molecule has 0 saturated heterocycles. The van der Waals surface area contributed by atoms with E-state index >= 15 is 0 Å². The summed E-state index contributed by atoms with van der Waals surface area (Å²) in [5.74, 6) is 1.39. The van der Waals surface area contributed by atoms with Crippen molar-refractivity contribution in [2.45, 2.75) is 25.3 Å². The second kappa shape index (κ2) is 5.71. The molecule has 3 unspecified atom stereocenters. The second-order valence-corrected chi connectivity index (χ2v) is 6.56. The highest BCUT2D eigenvalue weighted by Crippen LogP contribution is 2.54. The van der Waals surface area contributed by atoms with Crippen LogP contribution in [0.4, 0.5) is 0 Å². The molecule has 2 aromatic carbocycles. The van der Waals surface area contributed by atoms with Gasteiger partial charge in [-0.05, 0) is 55.0 Å².